The number of aromatic nitrogens is 1. The zero-order chi connectivity index (χ0) is 25.8. The summed E-state index contributed by atoms with van der Waals surface area (Å²) in [5, 5.41) is 2.44. The van der Waals surface area contributed by atoms with Crippen LogP contribution < -0.4 is 9.64 Å². The highest BCUT2D eigenvalue weighted by Gasteiger charge is 2.26. The van der Waals surface area contributed by atoms with Crippen LogP contribution in [0.2, 0.25) is 0 Å². The molecule has 184 valence electrons. The predicted octanol–water partition coefficient (Wildman–Crippen LogP) is 10.0. The monoisotopic (exact) mass is 500 g/mol. The fraction of sp³-hybridized carbons (Fsp3) is 0. The third-order valence-electron chi connectivity index (χ3n) is 7.57. The van der Waals surface area contributed by atoms with Gasteiger partial charge in [-0.3, -0.25) is 0 Å². The summed E-state index contributed by atoms with van der Waals surface area (Å²) in [6.45, 7) is 0. The summed E-state index contributed by atoms with van der Waals surface area (Å²) in [5.41, 5.74) is 8.93. The van der Waals surface area contributed by atoms with Gasteiger partial charge in [0, 0.05) is 33.4 Å². The van der Waals surface area contributed by atoms with Gasteiger partial charge in [-0.1, -0.05) is 84.9 Å². The number of hydrogen-bond acceptors (Lipinski definition) is 2. The van der Waals surface area contributed by atoms with Crippen molar-refractivity contribution in [2.75, 3.05) is 4.90 Å². The van der Waals surface area contributed by atoms with Crippen molar-refractivity contribution in [2.24, 2.45) is 0 Å². The first-order valence-corrected chi connectivity index (χ1v) is 13.2. The number of rotatable bonds is 4. The fourth-order valence-electron chi connectivity index (χ4n) is 5.84. The Hall–Kier alpha value is -5.28. The molecule has 1 aliphatic rings. The smallest absolute Gasteiger partial charge is 0.160 e. The highest BCUT2D eigenvalue weighted by atomic mass is 16.5. The van der Waals surface area contributed by atoms with Crippen LogP contribution in [0.15, 0.2) is 146 Å². The van der Waals surface area contributed by atoms with Crippen LogP contribution in [0, 0.1) is 0 Å². The Morgan fingerprint density at radius 2 is 1.10 bits per heavy atom. The minimum Gasteiger partial charge on any atom is -0.452 e. The third kappa shape index (κ3) is 3.37. The second kappa shape index (κ2) is 8.64. The number of anilines is 3. The van der Waals surface area contributed by atoms with Crippen LogP contribution in [0.4, 0.5) is 17.1 Å². The second-order valence-corrected chi connectivity index (χ2v) is 9.81. The molecule has 0 amide bonds. The molecule has 0 spiro atoms. The third-order valence-corrected chi connectivity index (χ3v) is 7.57. The molecule has 0 radical (unpaired) electrons. The Bertz CT molecular complexity index is 1930. The topological polar surface area (TPSA) is 17.4 Å². The predicted molar refractivity (Wildman–Crippen MR) is 161 cm³/mol. The SMILES string of the molecule is c1ccc(N(c2ccccc2)c2ccc(-c3ccc4c5ccccc5n5c4c3Oc3ccccc3-5)cc2)cc1. The minimum atomic E-state index is 0.871. The van der Waals surface area contributed by atoms with Gasteiger partial charge in [-0.2, -0.15) is 0 Å². The van der Waals surface area contributed by atoms with Crippen LogP contribution >= 0.6 is 0 Å². The molecule has 1 aromatic heterocycles. The number of ether oxygens (including phenoxy) is 1. The minimum absolute atomic E-state index is 0.871. The second-order valence-electron chi connectivity index (χ2n) is 9.81. The largest absolute Gasteiger partial charge is 0.452 e. The summed E-state index contributed by atoms with van der Waals surface area (Å²) in [4.78, 5) is 2.28. The van der Waals surface area contributed by atoms with Gasteiger partial charge in [0.25, 0.3) is 0 Å². The van der Waals surface area contributed by atoms with E-state index in [1.54, 1.807) is 0 Å². The Morgan fingerprint density at radius 1 is 0.487 bits per heavy atom. The van der Waals surface area contributed by atoms with Gasteiger partial charge in [0.1, 0.15) is 0 Å². The van der Waals surface area contributed by atoms with Crippen LogP contribution in [-0.2, 0) is 0 Å². The molecule has 0 bridgehead atoms. The average Bonchev–Trinajstić information content (AvgIpc) is 3.35. The van der Waals surface area contributed by atoms with Crippen molar-refractivity contribution in [3.8, 4) is 28.3 Å². The summed E-state index contributed by atoms with van der Waals surface area (Å²) in [6, 6.07) is 51.1. The zero-order valence-electron chi connectivity index (χ0n) is 21.2. The summed E-state index contributed by atoms with van der Waals surface area (Å²) < 4.78 is 9.00. The molecule has 0 N–H and O–H groups in total. The Kier molecular flexibility index (Phi) is 4.82. The molecule has 7 aromatic rings. The van der Waals surface area contributed by atoms with Crippen molar-refractivity contribution >= 4 is 38.9 Å². The highest BCUT2D eigenvalue weighted by Crippen LogP contribution is 2.49. The van der Waals surface area contributed by atoms with E-state index in [1.165, 1.54) is 16.3 Å². The zero-order valence-corrected chi connectivity index (χ0v) is 21.2. The van der Waals surface area contributed by atoms with Crippen LogP contribution in [-0.4, -0.2) is 4.57 Å². The van der Waals surface area contributed by atoms with E-state index in [2.05, 4.69) is 149 Å². The lowest BCUT2D eigenvalue weighted by molar-refractivity contribution is 0.478. The molecule has 0 atom stereocenters. The molecule has 3 nitrogen and oxygen atoms in total. The Labute approximate surface area is 226 Å². The number of benzene rings is 6. The van der Waals surface area contributed by atoms with Crippen LogP contribution in [0.25, 0.3) is 38.6 Å². The molecule has 0 aliphatic carbocycles. The van der Waals surface area contributed by atoms with Crippen molar-refractivity contribution in [3.63, 3.8) is 0 Å². The van der Waals surface area contributed by atoms with Crippen molar-refractivity contribution < 1.29 is 4.74 Å². The molecular formula is C36H24N2O. The summed E-state index contributed by atoms with van der Waals surface area (Å²) >= 11 is 0. The first-order chi connectivity index (χ1) is 19.4. The molecule has 0 saturated heterocycles. The van der Waals surface area contributed by atoms with E-state index in [1.807, 2.05) is 6.07 Å². The normalized spacial score (nSPS) is 11.8. The van der Waals surface area contributed by atoms with E-state index < -0.39 is 0 Å². The summed E-state index contributed by atoms with van der Waals surface area (Å²) in [6.07, 6.45) is 0. The number of fused-ring (bicyclic) bond motifs is 5. The van der Waals surface area contributed by atoms with Gasteiger partial charge in [-0.05, 0) is 66.2 Å². The van der Waals surface area contributed by atoms with Crippen molar-refractivity contribution in [1.29, 1.82) is 0 Å². The number of hydrogen-bond donors (Lipinski definition) is 0. The van der Waals surface area contributed by atoms with E-state index in [9.17, 15) is 0 Å². The molecule has 0 unspecified atom stereocenters. The molecular weight excluding hydrogens is 476 g/mol. The number of nitrogens with zero attached hydrogens (tertiary/aromatic N) is 2. The van der Waals surface area contributed by atoms with E-state index in [-0.39, 0.29) is 0 Å². The first kappa shape index (κ1) is 21.8. The average molecular weight is 501 g/mol. The van der Waals surface area contributed by atoms with Crippen LogP contribution in [0.5, 0.6) is 11.5 Å². The van der Waals surface area contributed by atoms with E-state index >= 15 is 0 Å². The molecule has 1 aliphatic heterocycles. The van der Waals surface area contributed by atoms with Crippen LogP contribution in [0.1, 0.15) is 0 Å². The van der Waals surface area contributed by atoms with Crippen molar-refractivity contribution in [3.05, 3.63) is 146 Å². The lowest BCUT2D eigenvalue weighted by atomic mass is 10.0. The quantitative estimate of drug-likeness (QED) is 0.239. The molecule has 3 heteroatoms. The molecule has 0 saturated carbocycles. The lowest BCUT2D eigenvalue weighted by Crippen LogP contribution is -2.09. The Balaban J connectivity index is 1.30. The summed E-state index contributed by atoms with van der Waals surface area (Å²) in [7, 11) is 0. The molecule has 2 heterocycles. The lowest BCUT2D eigenvalue weighted by Gasteiger charge is -2.26. The standard InChI is InChI=1S/C36H24N2O/c1-3-11-26(12-4-1)37(27-13-5-2-6-14-27)28-21-19-25(20-22-28)29-23-24-31-30-15-7-8-16-32(30)38-33-17-9-10-18-34(33)39-36(29)35(31)38/h1-24H. The van der Waals surface area contributed by atoms with Crippen LogP contribution in [0.3, 0.4) is 0 Å². The summed E-state index contributed by atoms with van der Waals surface area (Å²) in [5.74, 6) is 1.77. The van der Waals surface area contributed by atoms with Gasteiger partial charge in [-0.15, -0.1) is 0 Å². The molecule has 8 rings (SSSR count). The van der Waals surface area contributed by atoms with Crippen molar-refractivity contribution in [2.45, 2.75) is 0 Å². The molecule has 0 fully saturated rings. The highest BCUT2D eigenvalue weighted by molar-refractivity contribution is 6.13. The Morgan fingerprint density at radius 3 is 1.85 bits per heavy atom. The molecule has 6 aromatic carbocycles. The van der Waals surface area contributed by atoms with Gasteiger partial charge < -0.3 is 14.2 Å². The van der Waals surface area contributed by atoms with Crippen molar-refractivity contribution in [1.82, 2.24) is 4.57 Å². The maximum atomic E-state index is 6.65. The van der Waals surface area contributed by atoms with Gasteiger partial charge in [0.2, 0.25) is 0 Å². The maximum absolute atomic E-state index is 6.65. The van der Waals surface area contributed by atoms with E-state index in [0.717, 1.165) is 50.9 Å². The van der Waals surface area contributed by atoms with Gasteiger partial charge >= 0.3 is 0 Å². The molecule has 39 heavy (non-hydrogen) atoms. The number of para-hydroxylation sites is 5. The van der Waals surface area contributed by atoms with Gasteiger partial charge in [-0.25, -0.2) is 0 Å². The van der Waals surface area contributed by atoms with E-state index in [0.29, 0.717) is 0 Å². The van der Waals surface area contributed by atoms with E-state index in [4.69, 9.17) is 4.74 Å². The van der Waals surface area contributed by atoms with Gasteiger partial charge in [0.05, 0.1) is 16.7 Å². The maximum Gasteiger partial charge on any atom is 0.160 e. The first-order valence-electron chi connectivity index (χ1n) is 13.2. The fourth-order valence-corrected chi connectivity index (χ4v) is 5.84. The van der Waals surface area contributed by atoms with Gasteiger partial charge in [0.15, 0.2) is 11.5 Å².